The van der Waals surface area contributed by atoms with Crippen molar-refractivity contribution in [2.45, 2.75) is 51.2 Å². The summed E-state index contributed by atoms with van der Waals surface area (Å²) in [6.07, 6.45) is 6.38. The minimum atomic E-state index is 0.416. The quantitative estimate of drug-likeness (QED) is 0.860. The Bertz CT molecular complexity index is 358. The van der Waals surface area contributed by atoms with Crippen LogP contribution in [0.2, 0.25) is 0 Å². The van der Waals surface area contributed by atoms with E-state index >= 15 is 0 Å². The first-order chi connectivity index (χ1) is 8.83. The van der Waals surface area contributed by atoms with Crippen LogP contribution in [0.4, 0.5) is 0 Å². The molecule has 1 N–H and O–H groups in total. The summed E-state index contributed by atoms with van der Waals surface area (Å²) in [7, 11) is 2.05. The van der Waals surface area contributed by atoms with Crippen LogP contribution in [0.3, 0.4) is 0 Å². The van der Waals surface area contributed by atoms with E-state index in [0.717, 1.165) is 19.4 Å². The van der Waals surface area contributed by atoms with E-state index < -0.39 is 0 Å². The van der Waals surface area contributed by atoms with Crippen molar-refractivity contribution in [2.24, 2.45) is 0 Å². The average molecular weight is 247 g/mol. The van der Waals surface area contributed by atoms with Gasteiger partial charge in [-0.05, 0) is 50.3 Å². The second-order valence-electron chi connectivity index (χ2n) is 5.16. The maximum atomic E-state index is 5.85. The number of rotatable bonds is 5. The van der Waals surface area contributed by atoms with Gasteiger partial charge in [-0.2, -0.15) is 0 Å². The lowest BCUT2D eigenvalue weighted by Crippen LogP contribution is -2.26. The molecule has 0 bridgehead atoms. The Kier molecular flexibility index (Phi) is 5.21. The van der Waals surface area contributed by atoms with Crippen LogP contribution in [0.15, 0.2) is 24.3 Å². The molecule has 2 heteroatoms. The lowest BCUT2D eigenvalue weighted by atomic mass is 9.95. The van der Waals surface area contributed by atoms with Gasteiger partial charge in [0.25, 0.3) is 0 Å². The van der Waals surface area contributed by atoms with Crippen molar-refractivity contribution in [3.63, 3.8) is 0 Å². The molecule has 2 nitrogen and oxygen atoms in total. The highest BCUT2D eigenvalue weighted by Gasteiger charge is 2.19. The monoisotopic (exact) mass is 247 g/mol. The highest BCUT2D eigenvalue weighted by Crippen LogP contribution is 2.25. The van der Waals surface area contributed by atoms with Crippen LogP contribution in [0.1, 0.15) is 49.8 Å². The molecule has 1 fully saturated rings. The van der Waals surface area contributed by atoms with Gasteiger partial charge in [0.1, 0.15) is 0 Å². The summed E-state index contributed by atoms with van der Waals surface area (Å²) in [5, 5.41) is 3.44. The van der Waals surface area contributed by atoms with Crippen LogP contribution < -0.4 is 5.32 Å². The first kappa shape index (κ1) is 13.6. The molecule has 18 heavy (non-hydrogen) atoms. The Labute approximate surface area is 111 Å². The van der Waals surface area contributed by atoms with Crippen molar-refractivity contribution in [2.75, 3.05) is 13.7 Å². The SMILES string of the molecule is CCc1cccc(C(CC2CCCCO2)NC)c1. The smallest absolute Gasteiger partial charge is 0.0593 e. The summed E-state index contributed by atoms with van der Waals surface area (Å²) in [6.45, 7) is 3.15. The fourth-order valence-corrected chi connectivity index (χ4v) is 2.71. The largest absolute Gasteiger partial charge is 0.378 e. The number of ether oxygens (including phenoxy) is 1. The zero-order valence-corrected chi connectivity index (χ0v) is 11.6. The summed E-state index contributed by atoms with van der Waals surface area (Å²) in [5.74, 6) is 0. The highest BCUT2D eigenvalue weighted by molar-refractivity contribution is 5.26. The van der Waals surface area contributed by atoms with Crippen LogP contribution in [-0.2, 0) is 11.2 Å². The highest BCUT2D eigenvalue weighted by atomic mass is 16.5. The van der Waals surface area contributed by atoms with E-state index in [1.165, 1.54) is 30.4 Å². The predicted molar refractivity (Wildman–Crippen MR) is 75.8 cm³/mol. The molecule has 0 spiro atoms. The van der Waals surface area contributed by atoms with Crippen LogP contribution in [0.25, 0.3) is 0 Å². The van der Waals surface area contributed by atoms with Gasteiger partial charge in [0.2, 0.25) is 0 Å². The topological polar surface area (TPSA) is 21.3 Å². The standard InChI is InChI=1S/C16H25NO/c1-3-13-7-6-8-14(11-13)16(17-2)12-15-9-4-5-10-18-15/h6-8,11,15-17H,3-5,9-10,12H2,1-2H3. The third kappa shape index (κ3) is 3.56. The molecule has 0 amide bonds. The minimum Gasteiger partial charge on any atom is -0.378 e. The van der Waals surface area contributed by atoms with Crippen molar-refractivity contribution < 1.29 is 4.74 Å². The summed E-state index contributed by atoms with van der Waals surface area (Å²) in [4.78, 5) is 0. The van der Waals surface area contributed by atoms with Gasteiger partial charge in [-0.15, -0.1) is 0 Å². The Morgan fingerprint density at radius 1 is 1.39 bits per heavy atom. The molecular weight excluding hydrogens is 222 g/mol. The van der Waals surface area contributed by atoms with E-state index in [2.05, 4.69) is 36.5 Å². The van der Waals surface area contributed by atoms with Crippen molar-refractivity contribution in [1.29, 1.82) is 0 Å². The predicted octanol–water partition coefficient (Wildman–Crippen LogP) is 3.47. The molecule has 1 aliphatic heterocycles. The number of hydrogen-bond donors (Lipinski definition) is 1. The molecule has 0 radical (unpaired) electrons. The normalized spacial score (nSPS) is 21.8. The van der Waals surface area contributed by atoms with Crippen LogP contribution >= 0.6 is 0 Å². The fraction of sp³-hybridized carbons (Fsp3) is 0.625. The van der Waals surface area contributed by atoms with Crippen molar-refractivity contribution in [3.05, 3.63) is 35.4 Å². The Morgan fingerprint density at radius 2 is 2.28 bits per heavy atom. The molecule has 100 valence electrons. The van der Waals surface area contributed by atoms with Crippen LogP contribution in [0, 0.1) is 0 Å². The fourth-order valence-electron chi connectivity index (χ4n) is 2.71. The van der Waals surface area contributed by atoms with Crippen LogP contribution in [0.5, 0.6) is 0 Å². The molecule has 2 unspecified atom stereocenters. The van der Waals surface area contributed by atoms with Gasteiger partial charge < -0.3 is 10.1 Å². The van der Waals surface area contributed by atoms with Crippen molar-refractivity contribution in [1.82, 2.24) is 5.32 Å². The van der Waals surface area contributed by atoms with Gasteiger partial charge in [-0.1, -0.05) is 31.2 Å². The van der Waals surface area contributed by atoms with E-state index in [1.54, 1.807) is 0 Å². The molecule has 0 aliphatic carbocycles. The summed E-state index contributed by atoms with van der Waals surface area (Å²) in [6, 6.07) is 9.33. The zero-order valence-electron chi connectivity index (χ0n) is 11.6. The van der Waals surface area contributed by atoms with Crippen molar-refractivity contribution >= 4 is 0 Å². The first-order valence-electron chi connectivity index (χ1n) is 7.21. The van der Waals surface area contributed by atoms with Gasteiger partial charge in [0, 0.05) is 12.6 Å². The molecule has 1 aromatic rings. The third-order valence-corrected chi connectivity index (χ3v) is 3.88. The molecule has 1 aromatic carbocycles. The maximum absolute atomic E-state index is 5.85. The third-order valence-electron chi connectivity index (χ3n) is 3.88. The van der Waals surface area contributed by atoms with Gasteiger partial charge in [-0.25, -0.2) is 0 Å². The second-order valence-corrected chi connectivity index (χ2v) is 5.16. The lowest BCUT2D eigenvalue weighted by molar-refractivity contribution is 0.00548. The van der Waals surface area contributed by atoms with E-state index in [1.807, 2.05) is 7.05 Å². The van der Waals surface area contributed by atoms with E-state index in [9.17, 15) is 0 Å². The molecule has 1 heterocycles. The number of hydrogen-bond acceptors (Lipinski definition) is 2. The number of nitrogens with one attached hydrogen (secondary N) is 1. The minimum absolute atomic E-state index is 0.416. The number of aryl methyl sites for hydroxylation is 1. The first-order valence-corrected chi connectivity index (χ1v) is 7.21. The van der Waals surface area contributed by atoms with Crippen LogP contribution in [-0.4, -0.2) is 19.8 Å². The van der Waals surface area contributed by atoms with E-state index in [-0.39, 0.29) is 0 Å². The zero-order chi connectivity index (χ0) is 12.8. The number of benzene rings is 1. The molecule has 1 saturated heterocycles. The molecule has 1 aliphatic rings. The van der Waals surface area contributed by atoms with Gasteiger partial charge >= 0.3 is 0 Å². The molecule has 0 saturated carbocycles. The average Bonchev–Trinajstić information content (AvgIpc) is 2.46. The van der Waals surface area contributed by atoms with Gasteiger partial charge in [-0.3, -0.25) is 0 Å². The van der Waals surface area contributed by atoms with Crippen molar-refractivity contribution in [3.8, 4) is 0 Å². The van der Waals surface area contributed by atoms with Gasteiger partial charge in [0.05, 0.1) is 6.10 Å². The Morgan fingerprint density at radius 3 is 2.94 bits per heavy atom. The molecule has 2 rings (SSSR count). The second kappa shape index (κ2) is 6.91. The summed E-state index contributed by atoms with van der Waals surface area (Å²) >= 11 is 0. The van der Waals surface area contributed by atoms with E-state index in [0.29, 0.717) is 12.1 Å². The summed E-state index contributed by atoms with van der Waals surface area (Å²) < 4.78 is 5.85. The maximum Gasteiger partial charge on any atom is 0.0593 e. The summed E-state index contributed by atoms with van der Waals surface area (Å²) in [5.41, 5.74) is 2.81. The van der Waals surface area contributed by atoms with Gasteiger partial charge in [0.15, 0.2) is 0 Å². The Balaban J connectivity index is 2.02. The lowest BCUT2D eigenvalue weighted by Gasteiger charge is -2.27. The Hall–Kier alpha value is -0.860. The molecular formula is C16H25NO. The molecule has 0 aromatic heterocycles. The molecule has 2 atom stereocenters. The van der Waals surface area contributed by atoms with E-state index in [4.69, 9.17) is 4.74 Å².